The minimum absolute atomic E-state index is 0.0205. The largest absolute Gasteiger partial charge is 0.299 e. The third-order valence-electron chi connectivity index (χ3n) is 4.16. The standard InChI is InChI=1S/C15H16O3S/c16-14-9-8-11-6-7-12(14)10-15(11)19(17,18)13-4-2-1-3-5-13/h1-7,11-12,15H,8-10H2/t11-,12-,15+/m1/s1. The van der Waals surface area contributed by atoms with Gasteiger partial charge in [-0.15, -0.1) is 0 Å². The van der Waals surface area contributed by atoms with Gasteiger partial charge in [0.15, 0.2) is 9.84 Å². The molecular weight excluding hydrogens is 260 g/mol. The molecule has 0 aromatic heterocycles. The van der Waals surface area contributed by atoms with Crippen LogP contribution in [0.15, 0.2) is 47.4 Å². The smallest absolute Gasteiger partial charge is 0.181 e. The Labute approximate surface area is 113 Å². The number of carbonyl (C=O) groups is 1. The van der Waals surface area contributed by atoms with Gasteiger partial charge in [0.2, 0.25) is 0 Å². The Morgan fingerprint density at radius 1 is 1.05 bits per heavy atom. The van der Waals surface area contributed by atoms with Crippen LogP contribution in [0.25, 0.3) is 0 Å². The lowest BCUT2D eigenvalue weighted by Crippen LogP contribution is -2.32. The highest BCUT2D eigenvalue weighted by Gasteiger charge is 2.41. The number of fused-ring (bicyclic) bond motifs is 3. The van der Waals surface area contributed by atoms with E-state index in [4.69, 9.17) is 0 Å². The van der Waals surface area contributed by atoms with Crippen LogP contribution < -0.4 is 0 Å². The zero-order valence-corrected chi connectivity index (χ0v) is 11.3. The topological polar surface area (TPSA) is 51.2 Å². The van der Waals surface area contributed by atoms with Crippen LogP contribution in [-0.2, 0) is 14.6 Å². The van der Waals surface area contributed by atoms with Crippen LogP contribution in [-0.4, -0.2) is 19.5 Å². The molecule has 3 aliphatic rings. The molecule has 2 bridgehead atoms. The minimum atomic E-state index is -3.34. The van der Waals surface area contributed by atoms with Gasteiger partial charge >= 0.3 is 0 Å². The molecule has 1 saturated carbocycles. The van der Waals surface area contributed by atoms with E-state index in [1.165, 1.54) is 0 Å². The Hall–Kier alpha value is -1.42. The van der Waals surface area contributed by atoms with E-state index in [2.05, 4.69) is 0 Å². The average molecular weight is 276 g/mol. The molecule has 4 heteroatoms. The van der Waals surface area contributed by atoms with Crippen molar-refractivity contribution >= 4 is 15.6 Å². The van der Waals surface area contributed by atoms with Gasteiger partial charge in [0.25, 0.3) is 0 Å². The molecule has 4 rings (SSSR count). The maximum atomic E-state index is 12.7. The summed E-state index contributed by atoms with van der Waals surface area (Å²) in [7, 11) is -3.34. The summed E-state index contributed by atoms with van der Waals surface area (Å²) in [5, 5.41) is -0.448. The van der Waals surface area contributed by atoms with Crippen LogP contribution in [0.2, 0.25) is 0 Å². The molecule has 3 aliphatic carbocycles. The quantitative estimate of drug-likeness (QED) is 0.779. The zero-order chi connectivity index (χ0) is 13.5. The van der Waals surface area contributed by atoms with E-state index in [0.29, 0.717) is 24.2 Å². The van der Waals surface area contributed by atoms with Crippen molar-refractivity contribution in [3.05, 3.63) is 42.5 Å². The van der Waals surface area contributed by atoms with Crippen LogP contribution in [0.5, 0.6) is 0 Å². The summed E-state index contributed by atoms with van der Waals surface area (Å²) in [4.78, 5) is 12.2. The van der Waals surface area contributed by atoms with Gasteiger partial charge in [-0.2, -0.15) is 0 Å². The summed E-state index contributed by atoms with van der Waals surface area (Å²) in [6.45, 7) is 0. The summed E-state index contributed by atoms with van der Waals surface area (Å²) < 4.78 is 25.4. The molecule has 0 N–H and O–H groups in total. The van der Waals surface area contributed by atoms with Gasteiger partial charge in [0, 0.05) is 12.3 Å². The Morgan fingerprint density at radius 3 is 2.53 bits per heavy atom. The van der Waals surface area contributed by atoms with E-state index in [0.717, 1.165) is 0 Å². The molecule has 100 valence electrons. The van der Waals surface area contributed by atoms with Gasteiger partial charge in [0.05, 0.1) is 10.1 Å². The van der Waals surface area contributed by atoms with Crippen LogP contribution in [0, 0.1) is 11.8 Å². The first-order valence-corrected chi connectivity index (χ1v) is 8.13. The molecule has 19 heavy (non-hydrogen) atoms. The van der Waals surface area contributed by atoms with Crippen molar-refractivity contribution in [2.24, 2.45) is 11.8 Å². The van der Waals surface area contributed by atoms with E-state index < -0.39 is 15.1 Å². The molecule has 3 nitrogen and oxygen atoms in total. The second kappa shape index (κ2) is 4.60. The fraction of sp³-hybridized carbons (Fsp3) is 0.400. The van der Waals surface area contributed by atoms with E-state index in [-0.39, 0.29) is 17.6 Å². The monoisotopic (exact) mass is 276 g/mol. The molecule has 1 fully saturated rings. The number of Topliss-reactive ketones (excluding diaryl/α,β-unsaturated/α-hetero) is 1. The highest BCUT2D eigenvalue weighted by atomic mass is 32.2. The molecule has 1 aromatic rings. The van der Waals surface area contributed by atoms with E-state index in [1.807, 2.05) is 18.2 Å². The molecule has 0 radical (unpaired) electrons. The third kappa shape index (κ3) is 2.14. The van der Waals surface area contributed by atoms with Gasteiger partial charge < -0.3 is 0 Å². The molecule has 0 aliphatic heterocycles. The number of allylic oxidation sites excluding steroid dienone is 2. The molecular formula is C15H16O3S. The van der Waals surface area contributed by atoms with Crippen molar-refractivity contribution < 1.29 is 13.2 Å². The molecule has 3 atom stereocenters. The average Bonchev–Trinajstić information content (AvgIpc) is 2.71. The van der Waals surface area contributed by atoms with Crippen molar-refractivity contribution in [1.29, 1.82) is 0 Å². The normalized spacial score (nSPS) is 30.3. The van der Waals surface area contributed by atoms with E-state index in [1.54, 1.807) is 24.3 Å². The van der Waals surface area contributed by atoms with Gasteiger partial charge in [-0.05, 0) is 30.9 Å². The number of ketones is 1. The Bertz CT molecular complexity index is 616. The second-order valence-electron chi connectivity index (χ2n) is 5.29. The van der Waals surface area contributed by atoms with E-state index >= 15 is 0 Å². The Balaban J connectivity index is 1.99. The number of hydrogen-bond acceptors (Lipinski definition) is 3. The maximum Gasteiger partial charge on any atom is 0.181 e. The lowest BCUT2D eigenvalue weighted by atomic mass is 9.90. The molecule has 0 saturated heterocycles. The van der Waals surface area contributed by atoms with Crippen molar-refractivity contribution in [3.63, 3.8) is 0 Å². The highest BCUT2D eigenvalue weighted by Crippen LogP contribution is 2.38. The number of hydrogen-bond donors (Lipinski definition) is 0. The first-order valence-electron chi connectivity index (χ1n) is 6.59. The van der Waals surface area contributed by atoms with Gasteiger partial charge in [0.1, 0.15) is 5.78 Å². The highest BCUT2D eigenvalue weighted by molar-refractivity contribution is 7.92. The molecule has 0 spiro atoms. The second-order valence-corrected chi connectivity index (χ2v) is 7.46. The maximum absolute atomic E-state index is 12.7. The minimum Gasteiger partial charge on any atom is -0.299 e. The zero-order valence-electron chi connectivity index (χ0n) is 10.5. The summed E-state index contributed by atoms with van der Waals surface area (Å²) >= 11 is 0. The van der Waals surface area contributed by atoms with Crippen molar-refractivity contribution in [2.45, 2.75) is 29.4 Å². The van der Waals surface area contributed by atoms with Gasteiger partial charge in [-0.1, -0.05) is 30.4 Å². The first-order chi connectivity index (χ1) is 9.09. The van der Waals surface area contributed by atoms with Crippen molar-refractivity contribution in [3.8, 4) is 0 Å². The fourth-order valence-electron chi connectivity index (χ4n) is 3.06. The van der Waals surface area contributed by atoms with Crippen LogP contribution >= 0.6 is 0 Å². The lowest BCUT2D eigenvalue weighted by Gasteiger charge is -2.27. The predicted octanol–water partition coefficient (Wildman–Crippen LogP) is 2.38. The number of sulfone groups is 1. The first kappa shape index (κ1) is 12.6. The third-order valence-corrected chi connectivity index (χ3v) is 6.43. The summed E-state index contributed by atoms with van der Waals surface area (Å²) in [6.07, 6.45) is 5.43. The molecule has 1 aromatic carbocycles. The summed E-state index contributed by atoms with van der Waals surface area (Å²) in [6, 6.07) is 8.56. The fourth-order valence-corrected chi connectivity index (χ4v) is 5.10. The van der Waals surface area contributed by atoms with E-state index in [9.17, 15) is 13.2 Å². The Morgan fingerprint density at radius 2 is 1.79 bits per heavy atom. The summed E-state index contributed by atoms with van der Waals surface area (Å²) in [5.41, 5.74) is 0. The van der Waals surface area contributed by atoms with Crippen LogP contribution in [0.3, 0.4) is 0 Å². The van der Waals surface area contributed by atoms with Crippen molar-refractivity contribution in [2.75, 3.05) is 0 Å². The van der Waals surface area contributed by atoms with Gasteiger partial charge in [-0.3, -0.25) is 4.79 Å². The molecule has 0 amide bonds. The van der Waals surface area contributed by atoms with Gasteiger partial charge in [-0.25, -0.2) is 8.42 Å². The Kier molecular flexibility index (Phi) is 3.05. The number of carbonyl (C=O) groups excluding carboxylic acids is 1. The SMILES string of the molecule is O=C1CC[C@H]2C=C[C@@H]1C[C@@H]2S(=O)(=O)c1ccccc1. The van der Waals surface area contributed by atoms with Crippen LogP contribution in [0.1, 0.15) is 19.3 Å². The molecule has 0 unspecified atom stereocenters. The lowest BCUT2D eigenvalue weighted by molar-refractivity contribution is -0.121. The molecule has 0 heterocycles. The number of benzene rings is 1. The predicted molar refractivity (Wildman–Crippen MR) is 72.4 cm³/mol. The number of rotatable bonds is 2. The summed E-state index contributed by atoms with van der Waals surface area (Å²) in [5.74, 6) is -0.0420. The van der Waals surface area contributed by atoms with Crippen molar-refractivity contribution in [1.82, 2.24) is 0 Å². The van der Waals surface area contributed by atoms with Crippen LogP contribution in [0.4, 0.5) is 0 Å².